The van der Waals surface area contributed by atoms with Crippen LogP contribution in [0.3, 0.4) is 0 Å². The molecule has 6 heteroatoms. The lowest BCUT2D eigenvalue weighted by molar-refractivity contribution is 0.373. The van der Waals surface area contributed by atoms with E-state index in [9.17, 15) is 4.79 Å². The summed E-state index contributed by atoms with van der Waals surface area (Å²) in [4.78, 5) is 20.7. The van der Waals surface area contributed by atoms with Gasteiger partial charge in [0.1, 0.15) is 6.33 Å². The Hall–Kier alpha value is -3.54. The third-order valence-electron chi connectivity index (χ3n) is 5.65. The summed E-state index contributed by atoms with van der Waals surface area (Å²) in [7, 11) is 0. The number of hydrogen-bond acceptors (Lipinski definition) is 4. The van der Waals surface area contributed by atoms with Gasteiger partial charge < -0.3 is 0 Å². The SMILES string of the molecule is CC(C)(Cc1cnc(=O)n(C(C)(C)C)c1)c1ccc(-c2ncn(-c3ccccc3)n2)cc1. The first-order valence-corrected chi connectivity index (χ1v) is 10.8. The molecule has 2 heterocycles. The highest BCUT2D eigenvalue weighted by molar-refractivity contribution is 5.55. The Morgan fingerprint density at radius 3 is 2.22 bits per heavy atom. The summed E-state index contributed by atoms with van der Waals surface area (Å²) in [6.45, 7) is 10.4. The summed E-state index contributed by atoms with van der Waals surface area (Å²) in [5, 5.41) is 4.62. The van der Waals surface area contributed by atoms with Crippen LogP contribution >= 0.6 is 0 Å². The summed E-state index contributed by atoms with van der Waals surface area (Å²) in [6, 6.07) is 18.3. The number of rotatable bonds is 5. The number of nitrogens with zero attached hydrogens (tertiary/aromatic N) is 5. The van der Waals surface area contributed by atoms with E-state index in [1.165, 1.54) is 5.56 Å². The van der Waals surface area contributed by atoms with Gasteiger partial charge in [0.15, 0.2) is 5.82 Å². The van der Waals surface area contributed by atoms with Crippen LogP contribution < -0.4 is 5.69 Å². The maximum atomic E-state index is 12.2. The van der Waals surface area contributed by atoms with E-state index >= 15 is 0 Å². The van der Waals surface area contributed by atoms with Crippen molar-refractivity contribution in [2.24, 2.45) is 0 Å². The molecule has 0 aliphatic carbocycles. The molecular formula is C26H29N5O. The fourth-order valence-electron chi connectivity index (χ4n) is 3.81. The van der Waals surface area contributed by atoms with Gasteiger partial charge in [-0.1, -0.05) is 56.3 Å². The molecule has 0 aliphatic rings. The number of para-hydroxylation sites is 1. The first-order chi connectivity index (χ1) is 15.1. The van der Waals surface area contributed by atoms with Crippen molar-refractivity contribution in [1.82, 2.24) is 24.3 Å². The molecule has 0 fully saturated rings. The van der Waals surface area contributed by atoms with E-state index in [1.54, 1.807) is 21.8 Å². The van der Waals surface area contributed by atoms with Crippen LogP contribution in [-0.2, 0) is 17.4 Å². The highest BCUT2D eigenvalue weighted by atomic mass is 16.1. The Labute approximate surface area is 188 Å². The van der Waals surface area contributed by atoms with Crippen LogP contribution in [0, 0.1) is 0 Å². The molecule has 0 spiro atoms. The van der Waals surface area contributed by atoms with E-state index in [4.69, 9.17) is 0 Å². The largest absolute Gasteiger partial charge is 0.348 e. The average molecular weight is 428 g/mol. The quantitative estimate of drug-likeness (QED) is 0.460. The molecule has 0 unspecified atom stereocenters. The Morgan fingerprint density at radius 2 is 1.56 bits per heavy atom. The first-order valence-electron chi connectivity index (χ1n) is 10.8. The van der Waals surface area contributed by atoms with Crippen molar-refractivity contribution in [3.8, 4) is 17.1 Å². The summed E-state index contributed by atoms with van der Waals surface area (Å²) in [5.41, 5.74) is 3.55. The van der Waals surface area contributed by atoms with Crippen LogP contribution in [0.5, 0.6) is 0 Å². The molecule has 4 aromatic rings. The van der Waals surface area contributed by atoms with Gasteiger partial charge in [0.25, 0.3) is 0 Å². The van der Waals surface area contributed by atoms with E-state index in [-0.39, 0.29) is 16.6 Å². The van der Waals surface area contributed by atoms with E-state index in [0.717, 1.165) is 23.2 Å². The third-order valence-corrected chi connectivity index (χ3v) is 5.65. The minimum atomic E-state index is -0.304. The predicted octanol–water partition coefficient (Wildman–Crippen LogP) is 4.77. The van der Waals surface area contributed by atoms with Crippen LogP contribution in [0.25, 0.3) is 17.1 Å². The first kappa shape index (κ1) is 21.7. The maximum Gasteiger partial charge on any atom is 0.348 e. The van der Waals surface area contributed by atoms with Gasteiger partial charge in [0, 0.05) is 23.5 Å². The zero-order chi connectivity index (χ0) is 22.9. The minimum Gasteiger partial charge on any atom is -0.294 e. The van der Waals surface area contributed by atoms with Crippen molar-refractivity contribution in [2.75, 3.05) is 0 Å². The monoisotopic (exact) mass is 427 g/mol. The minimum absolute atomic E-state index is 0.128. The highest BCUT2D eigenvalue weighted by Crippen LogP contribution is 2.29. The van der Waals surface area contributed by atoms with Crippen molar-refractivity contribution in [2.45, 2.75) is 52.0 Å². The lowest BCUT2D eigenvalue weighted by Gasteiger charge is -2.27. The van der Waals surface area contributed by atoms with Crippen molar-refractivity contribution in [1.29, 1.82) is 0 Å². The lowest BCUT2D eigenvalue weighted by Crippen LogP contribution is -2.35. The maximum absolute atomic E-state index is 12.2. The van der Waals surface area contributed by atoms with Crippen LogP contribution in [0.4, 0.5) is 0 Å². The summed E-state index contributed by atoms with van der Waals surface area (Å²) < 4.78 is 3.49. The molecule has 2 aromatic carbocycles. The number of benzene rings is 2. The molecule has 32 heavy (non-hydrogen) atoms. The predicted molar refractivity (Wildman–Crippen MR) is 127 cm³/mol. The summed E-state index contributed by atoms with van der Waals surface area (Å²) >= 11 is 0. The molecule has 0 amide bonds. The van der Waals surface area contributed by atoms with Crippen molar-refractivity contribution < 1.29 is 0 Å². The second kappa shape index (κ2) is 8.19. The highest BCUT2D eigenvalue weighted by Gasteiger charge is 2.23. The second-order valence-electron chi connectivity index (χ2n) is 9.77. The zero-order valence-electron chi connectivity index (χ0n) is 19.3. The van der Waals surface area contributed by atoms with Crippen LogP contribution in [0.2, 0.25) is 0 Å². The normalized spacial score (nSPS) is 12.2. The van der Waals surface area contributed by atoms with Gasteiger partial charge >= 0.3 is 5.69 Å². The van der Waals surface area contributed by atoms with Crippen LogP contribution in [0.15, 0.2) is 78.1 Å². The van der Waals surface area contributed by atoms with Gasteiger partial charge in [-0.2, -0.15) is 0 Å². The molecule has 0 N–H and O–H groups in total. The van der Waals surface area contributed by atoms with Gasteiger partial charge in [-0.25, -0.2) is 19.4 Å². The number of aromatic nitrogens is 5. The molecule has 2 aromatic heterocycles. The topological polar surface area (TPSA) is 65.6 Å². The molecule has 6 nitrogen and oxygen atoms in total. The summed E-state index contributed by atoms with van der Waals surface area (Å²) in [6.07, 6.45) is 6.14. The third kappa shape index (κ3) is 4.54. The van der Waals surface area contributed by atoms with E-state index in [2.05, 4.69) is 53.2 Å². The van der Waals surface area contributed by atoms with Gasteiger partial charge in [0.2, 0.25) is 0 Å². The van der Waals surface area contributed by atoms with Crippen molar-refractivity contribution in [3.63, 3.8) is 0 Å². The Kier molecular flexibility index (Phi) is 5.55. The molecule has 0 saturated carbocycles. The second-order valence-corrected chi connectivity index (χ2v) is 9.77. The molecule has 0 aliphatic heterocycles. The van der Waals surface area contributed by atoms with Gasteiger partial charge in [-0.3, -0.25) is 4.57 Å². The lowest BCUT2D eigenvalue weighted by atomic mass is 9.79. The molecule has 0 atom stereocenters. The standard InChI is InChI=1S/C26H29N5O/c1-25(2,3)30-17-19(16-27-24(30)32)15-26(4,5)21-13-11-20(12-14-21)23-28-18-31(29-23)22-9-7-6-8-10-22/h6-14,16-18H,15H2,1-5H3. The zero-order valence-corrected chi connectivity index (χ0v) is 19.3. The summed E-state index contributed by atoms with van der Waals surface area (Å²) in [5.74, 6) is 0.694. The fourth-order valence-corrected chi connectivity index (χ4v) is 3.81. The number of hydrogen-bond donors (Lipinski definition) is 0. The molecule has 0 bridgehead atoms. The van der Waals surface area contributed by atoms with E-state index in [0.29, 0.717) is 5.82 Å². The Morgan fingerprint density at radius 1 is 0.875 bits per heavy atom. The Balaban J connectivity index is 1.55. The molecule has 0 radical (unpaired) electrons. The van der Waals surface area contributed by atoms with Gasteiger partial charge in [0.05, 0.1) is 5.69 Å². The van der Waals surface area contributed by atoms with E-state index < -0.39 is 0 Å². The van der Waals surface area contributed by atoms with Crippen molar-refractivity contribution in [3.05, 3.63) is 94.9 Å². The molecule has 0 saturated heterocycles. The van der Waals surface area contributed by atoms with E-state index in [1.807, 2.05) is 57.3 Å². The fraction of sp³-hybridized carbons (Fsp3) is 0.308. The average Bonchev–Trinajstić information content (AvgIpc) is 3.25. The molecular weight excluding hydrogens is 398 g/mol. The molecule has 164 valence electrons. The van der Waals surface area contributed by atoms with Crippen LogP contribution in [0.1, 0.15) is 45.7 Å². The van der Waals surface area contributed by atoms with Gasteiger partial charge in [-0.05, 0) is 55.9 Å². The van der Waals surface area contributed by atoms with Crippen molar-refractivity contribution >= 4 is 0 Å². The van der Waals surface area contributed by atoms with Gasteiger partial charge in [-0.15, -0.1) is 5.10 Å². The van der Waals surface area contributed by atoms with Crippen LogP contribution in [-0.4, -0.2) is 24.3 Å². The Bertz CT molecular complexity index is 1260. The molecule has 4 rings (SSSR count). The smallest absolute Gasteiger partial charge is 0.294 e.